The van der Waals surface area contributed by atoms with Gasteiger partial charge in [-0.25, -0.2) is 0 Å². The van der Waals surface area contributed by atoms with Crippen LogP contribution in [0.2, 0.25) is 0 Å². The van der Waals surface area contributed by atoms with Gasteiger partial charge in [-0.2, -0.15) is 0 Å². The fourth-order valence-corrected chi connectivity index (χ4v) is 2.95. The van der Waals surface area contributed by atoms with E-state index >= 15 is 0 Å². The topological polar surface area (TPSA) is 58.2 Å². The average Bonchev–Trinajstić information content (AvgIpc) is 2.58. The maximum Gasteiger partial charge on any atom is 0.227 e. The molecule has 0 bridgehead atoms. The van der Waals surface area contributed by atoms with E-state index in [0.29, 0.717) is 32.1 Å². The van der Waals surface area contributed by atoms with Crippen molar-refractivity contribution in [3.8, 4) is 12.3 Å². The number of carbonyl (C=O) groups excluding carboxylic acids is 2. The fourth-order valence-electron chi connectivity index (χ4n) is 2.95. The van der Waals surface area contributed by atoms with E-state index < -0.39 is 5.54 Å². The number of amides is 2. The number of anilines is 1. The lowest BCUT2D eigenvalue weighted by Crippen LogP contribution is -2.46. The third kappa shape index (κ3) is 3.92. The van der Waals surface area contributed by atoms with Crippen LogP contribution < -0.4 is 10.6 Å². The van der Waals surface area contributed by atoms with Gasteiger partial charge in [0.05, 0.1) is 0 Å². The van der Waals surface area contributed by atoms with Crippen LogP contribution in [0.15, 0.2) is 24.3 Å². The molecule has 23 heavy (non-hydrogen) atoms. The van der Waals surface area contributed by atoms with Crippen molar-refractivity contribution in [2.75, 3.05) is 5.32 Å². The number of hydrogen-bond donors (Lipinski definition) is 2. The highest BCUT2D eigenvalue weighted by Gasteiger charge is 2.28. The fraction of sp³-hybridized carbons (Fsp3) is 0.474. The number of carbonyl (C=O) groups is 2. The van der Waals surface area contributed by atoms with Gasteiger partial charge in [0.1, 0.15) is 5.54 Å². The SMILES string of the molecule is C#CC(CC)(CC)NC(=O)CCC1Cc2ccccc2NC1=O. The van der Waals surface area contributed by atoms with Crippen LogP contribution in [0.1, 0.15) is 45.1 Å². The maximum absolute atomic E-state index is 12.2. The number of nitrogens with one attached hydrogen (secondary N) is 2. The second-order valence-electron chi connectivity index (χ2n) is 6.07. The summed E-state index contributed by atoms with van der Waals surface area (Å²) >= 11 is 0. The van der Waals surface area contributed by atoms with Crippen LogP contribution in [-0.2, 0) is 16.0 Å². The summed E-state index contributed by atoms with van der Waals surface area (Å²) in [5, 5.41) is 5.86. The van der Waals surface area contributed by atoms with Crippen LogP contribution in [-0.4, -0.2) is 17.4 Å². The molecule has 0 saturated heterocycles. The summed E-state index contributed by atoms with van der Waals surface area (Å²) in [7, 11) is 0. The Morgan fingerprint density at radius 3 is 2.74 bits per heavy atom. The summed E-state index contributed by atoms with van der Waals surface area (Å²) in [5.74, 6) is 2.43. The molecular weight excluding hydrogens is 288 g/mol. The van der Waals surface area contributed by atoms with Crippen LogP contribution in [0.3, 0.4) is 0 Å². The number of benzene rings is 1. The molecule has 1 aromatic carbocycles. The molecule has 0 saturated carbocycles. The molecule has 4 heteroatoms. The Balaban J connectivity index is 1.93. The highest BCUT2D eigenvalue weighted by Crippen LogP contribution is 2.27. The molecule has 0 radical (unpaired) electrons. The van der Waals surface area contributed by atoms with Gasteiger partial charge in [-0.15, -0.1) is 6.42 Å². The molecule has 0 aromatic heterocycles. The predicted molar refractivity (Wildman–Crippen MR) is 91.8 cm³/mol. The van der Waals surface area contributed by atoms with Crippen LogP contribution >= 0.6 is 0 Å². The largest absolute Gasteiger partial charge is 0.340 e. The van der Waals surface area contributed by atoms with Gasteiger partial charge in [-0.05, 0) is 37.3 Å². The number of terminal acetylenes is 1. The Morgan fingerprint density at radius 1 is 1.39 bits per heavy atom. The normalized spacial score (nSPS) is 16.9. The van der Waals surface area contributed by atoms with Crippen molar-refractivity contribution in [3.63, 3.8) is 0 Å². The molecule has 0 fully saturated rings. The molecule has 2 rings (SSSR count). The third-order valence-electron chi connectivity index (χ3n) is 4.69. The highest BCUT2D eigenvalue weighted by atomic mass is 16.2. The summed E-state index contributed by atoms with van der Waals surface area (Å²) in [5.41, 5.74) is 1.43. The first-order valence-electron chi connectivity index (χ1n) is 8.21. The van der Waals surface area contributed by atoms with Gasteiger partial charge >= 0.3 is 0 Å². The summed E-state index contributed by atoms with van der Waals surface area (Å²) in [4.78, 5) is 24.3. The summed E-state index contributed by atoms with van der Waals surface area (Å²) < 4.78 is 0. The van der Waals surface area contributed by atoms with Gasteiger partial charge in [0.15, 0.2) is 0 Å². The molecule has 1 unspecified atom stereocenters. The van der Waals surface area contributed by atoms with Crippen LogP contribution in [0.5, 0.6) is 0 Å². The van der Waals surface area contributed by atoms with E-state index in [1.54, 1.807) is 0 Å². The molecule has 2 N–H and O–H groups in total. The van der Waals surface area contributed by atoms with Crippen molar-refractivity contribution in [2.45, 2.75) is 51.5 Å². The van der Waals surface area contributed by atoms with Gasteiger partial charge in [-0.1, -0.05) is 38.0 Å². The Kier molecular flexibility index (Phi) is 5.44. The Labute approximate surface area is 138 Å². The molecule has 2 amide bonds. The summed E-state index contributed by atoms with van der Waals surface area (Å²) in [6.45, 7) is 3.93. The minimum Gasteiger partial charge on any atom is -0.340 e. The van der Waals surface area contributed by atoms with Gasteiger partial charge in [0.25, 0.3) is 0 Å². The molecule has 0 aliphatic carbocycles. The molecule has 122 valence electrons. The summed E-state index contributed by atoms with van der Waals surface area (Å²) in [6.07, 6.45) is 8.47. The molecule has 1 heterocycles. The number of hydrogen-bond acceptors (Lipinski definition) is 2. The Hall–Kier alpha value is -2.28. The predicted octanol–water partition coefficient (Wildman–Crippen LogP) is 2.89. The van der Waals surface area contributed by atoms with E-state index in [1.807, 2.05) is 38.1 Å². The monoisotopic (exact) mass is 312 g/mol. The molecular formula is C19H24N2O2. The number of fused-ring (bicyclic) bond motifs is 1. The quantitative estimate of drug-likeness (QED) is 0.794. The molecule has 4 nitrogen and oxygen atoms in total. The molecule has 0 spiro atoms. The van der Waals surface area contributed by atoms with E-state index in [9.17, 15) is 9.59 Å². The van der Waals surface area contributed by atoms with Gasteiger partial charge in [0, 0.05) is 18.0 Å². The zero-order valence-electron chi connectivity index (χ0n) is 13.8. The number of rotatable bonds is 6. The average molecular weight is 312 g/mol. The highest BCUT2D eigenvalue weighted by molar-refractivity contribution is 5.96. The maximum atomic E-state index is 12.2. The van der Waals surface area contributed by atoms with Crippen molar-refractivity contribution in [2.24, 2.45) is 5.92 Å². The first-order valence-corrected chi connectivity index (χ1v) is 8.21. The van der Waals surface area contributed by atoms with Crippen molar-refractivity contribution < 1.29 is 9.59 Å². The molecule has 1 aliphatic heterocycles. The van der Waals surface area contributed by atoms with Crippen molar-refractivity contribution >= 4 is 17.5 Å². The third-order valence-corrected chi connectivity index (χ3v) is 4.69. The van der Waals surface area contributed by atoms with E-state index in [2.05, 4.69) is 16.6 Å². The van der Waals surface area contributed by atoms with Crippen molar-refractivity contribution in [1.82, 2.24) is 5.32 Å². The lowest BCUT2D eigenvalue weighted by atomic mass is 9.89. The van der Waals surface area contributed by atoms with Crippen LogP contribution in [0, 0.1) is 18.3 Å². The smallest absolute Gasteiger partial charge is 0.227 e. The Morgan fingerprint density at radius 2 is 2.09 bits per heavy atom. The standard InChI is InChI=1S/C19H24N2O2/c1-4-19(5-2,6-3)21-17(22)12-11-15-13-14-9-7-8-10-16(14)20-18(15)23/h1,7-10,15H,5-6,11-13H2,2-3H3,(H,20,23)(H,21,22). The molecule has 1 aliphatic rings. The second kappa shape index (κ2) is 7.32. The minimum absolute atomic E-state index is 0.00861. The van der Waals surface area contributed by atoms with Crippen molar-refractivity contribution in [3.05, 3.63) is 29.8 Å². The lowest BCUT2D eigenvalue weighted by Gasteiger charge is -2.28. The second-order valence-corrected chi connectivity index (χ2v) is 6.07. The van der Waals surface area contributed by atoms with Crippen molar-refractivity contribution in [1.29, 1.82) is 0 Å². The first-order chi connectivity index (χ1) is 11.0. The lowest BCUT2D eigenvalue weighted by molar-refractivity contribution is -0.123. The first kappa shape index (κ1) is 17.1. The van der Waals surface area contributed by atoms with E-state index in [-0.39, 0.29) is 17.7 Å². The van der Waals surface area contributed by atoms with Crippen LogP contribution in [0.25, 0.3) is 0 Å². The molecule has 1 aromatic rings. The van der Waals surface area contributed by atoms with E-state index in [1.165, 1.54) is 0 Å². The minimum atomic E-state index is -0.571. The zero-order chi connectivity index (χ0) is 16.9. The van der Waals surface area contributed by atoms with Crippen LogP contribution in [0.4, 0.5) is 5.69 Å². The zero-order valence-corrected chi connectivity index (χ0v) is 13.8. The Bertz CT molecular complexity index is 627. The molecule has 1 atom stereocenters. The van der Waals surface area contributed by atoms with E-state index in [0.717, 1.165) is 11.3 Å². The van der Waals surface area contributed by atoms with E-state index in [4.69, 9.17) is 6.42 Å². The number of para-hydroxylation sites is 1. The van der Waals surface area contributed by atoms with Gasteiger partial charge in [0.2, 0.25) is 11.8 Å². The summed E-state index contributed by atoms with van der Waals surface area (Å²) in [6, 6.07) is 7.78. The van der Waals surface area contributed by atoms with Gasteiger partial charge in [-0.3, -0.25) is 9.59 Å². The van der Waals surface area contributed by atoms with Gasteiger partial charge < -0.3 is 10.6 Å².